The second-order valence-corrected chi connectivity index (χ2v) is 5.94. The molecule has 1 amide bonds. The zero-order valence-corrected chi connectivity index (χ0v) is 16.5. The molecule has 0 aromatic heterocycles. The van der Waals surface area contributed by atoms with E-state index in [1.54, 1.807) is 24.3 Å². The Kier molecular flexibility index (Phi) is 7.68. The number of hydrogen-bond donors (Lipinski definition) is 1. The molecule has 28 heavy (non-hydrogen) atoms. The molecule has 2 aromatic rings. The van der Waals surface area contributed by atoms with Gasteiger partial charge in [0.05, 0.1) is 19.9 Å². The standard InChI is InChI=1S/C21H25NO6/c1-5-15-8-6-7-9-18(15)27-13-20(23)28-14(2)21(24)22-17-12-16(25-3)10-11-19(17)26-4/h6-12,14H,5,13H2,1-4H3,(H,22,24). The van der Waals surface area contributed by atoms with Gasteiger partial charge in [-0.2, -0.15) is 0 Å². The Labute approximate surface area is 164 Å². The Morgan fingerprint density at radius 3 is 2.46 bits per heavy atom. The number of para-hydroxylation sites is 1. The van der Waals surface area contributed by atoms with Gasteiger partial charge < -0.3 is 24.3 Å². The molecule has 150 valence electrons. The van der Waals surface area contributed by atoms with E-state index in [1.807, 2.05) is 25.1 Å². The zero-order valence-electron chi connectivity index (χ0n) is 16.5. The summed E-state index contributed by atoms with van der Waals surface area (Å²) in [5.74, 6) is 0.524. The van der Waals surface area contributed by atoms with Gasteiger partial charge in [-0.25, -0.2) is 4.79 Å². The molecule has 0 fully saturated rings. The molecule has 0 heterocycles. The quantitative estimate of drug-likeness (QED) is 0.665. The van der Waals surface area contributed by atoms with E-state index in [1.165, 1.54) is 21.1 Å². The number of hydrogen-bond acceptors (Lipinski definition) is 6. The molecule has 1 atom stereocenters. The predicted octanol–water partition coefficient (Wildman–Crippen LogP) is 3.22. The van der Waals surface area contributed by atoms with E-state index in [0.29, 0.717) is 22.9 Å². The summed E-state index contributed by atoms with van der Waals surface area (Å²) in [5.41, 5.74) is 1.41. The Hall–Kier alpha value is -3.22. The molecule has 7 heteroatoms. The first-order chi connectivity index (χ1) is 13.5. The summed E-state index contributed by atoms with van der Waals surface area (Å²) in [6, 6.07) is 12.5. The largest absolute Gasteiger partial charge is 0.497 e. The number of anilines is 1. The SMILES string of the molecule is CCc1ccccc1OCC(=O)OC(C)C(=O)Nc1cc(OC)ccc1OC. The molecule has 0 radical (unpaired) electrons. The highest BCUT2D eigenvalue weighted by atomic mass is 16.6. The third kappa shape index (κ3) is 5.64. The zero-order chi connectivity index (χ0) is 20.5. The van der Waals surface area contributed by atoms with E-state index in [-0.39, 0.29) is 6.61 Å². The van der Waals surface area contributed by atoms with Crippen molar-refractivity contribution in [1.29, 1.82) is 0 Å². The molecule has 7 nitrogen and oxygen atoms in total. The van der Waals surface area contributed by atoms with Crippen LogP contribution in [0.2, 0.25) is 0 Å². The van der Waals surface area contributed by atoms with Crippen LogP contribution in [0.4, 0.5) is 5.69 Å². The lowest BCUT2D eigenvalue weighted by Gasteiger charge is -2.16. The summed E-state index contributed by atoms with van der Waals surface area (Å²) in [6.45, 7) is 3.21. The second-order valence-electron chi connectivity index (χ2n) is 5.94. The van der Waals surface area contributed by atoms with Crippen LogP contribution in [0.15, 0.2) is 42.5 Å². The van der Waals surface area contributed by atoms with Gasteiger partial charge >= 0.3 is 5.97 Å². The average Bonchev–Trinajstić information content (AvgIpc) is 2.72. The third-order valence-electron chi connectivity index (χ3n) is 4.04. The molecule has 2 rings (SSSR count). The maximum absolute atomic E-state index is 12.4. The first-order valence-corrected chi connectivity index (χ1v) is 8.91. The number of ether oxygens (including phenoxy) is 4. The minimum atomic E-state index is -1.01. The number of benzene rings is 2. The molecular weight excluding hydrogens is 362 g/mol. The number of methoxy groups -OCH3 is 2. The number of carbonyl (C=O) groups excluding carboxylic acids is 2. The molecular formula is C21H25NO6. The van der Waals surface area contributed by atoms with Crippen LogP contribution in [0.25, 0.3) is 0 Å². The fourth-order valence-electron chi connectivity index (χ4n) is 2.50. The molecule has 0 aliphatic heterocycles. The lowest BCUT2D eigenvalue weighted by molar-refractivity contribution is -0.155. The summed E-state index contributed by atoms with van der Waals surface area (Å²) in [7, 11) is 3.01. The number of esters is 1. The highest BCUT2D eigenvalue weighted by Gasteiger charge is 2.20. The van der Waals surface area contributed by atoms with Crippen LogP contribution in [0.1, 0.15) is 19.4 Å². The van der Waals surface area contributed by atoms with Gasteiger partial charge in [0.15, 0.2) is 12.7 Å². The van der Waals surface area contributed by atoms with Crippen molar-refractivity contribution < 1.29 is 28.5 Å². The molecule has 0 aliphatic carbocycles. The molecule has 0 bridgehead atoms. The summed E-state index contributed by atoms with van der Waals surface area (Å²) in [5, 5.41) is 2.67. The molecule has 0 saturated carbocycles. The van der Waals surface area contributed by atoms with E-state index in [0.717, 1.165) is 12.0 Å². The monoisotopic (exact) mass is 387 g/mol. The predicted molar refractivity (Wildman–Crippen MR) is 105 cm³/mol. The highest BCUT2D eigenvalue weighted by Crippen LogP contribution is 2.29. The van der Waals surface area contributed by atoms with Crippen LogP contribution in [0, 0.1) is 0 Å². The van der Waals surface area contributed by atoms with Gasteiger partial charge in [-0.3, -0.25) is 4.79 Å². The van der Waals surface area contributed by atoms with Gasteiger partial charge in [0.25, 0.3) is 5.91 Å². The van der Waals surface area contributed by atoms with Crippen LogP contribution in [-0.4, -0.2) is 38.8 Å². The van der Waals surface area contributed by atoms with E-state index >= 15 is 0 Å². The number of nitrogens with one attached hydrogen (secondary N) is 1. The van der Waals surface area contributed by atoms with Crippen molar-refractivity contribution in [2.24, 2.45) is 0 Å². The van der Waals surface area contributed by atoms with Crippen LogP contribution in [-0.2, 0) is 20.7 Å². The number of amides is 1. The van der Waals surface area contributed by atoms with E-state index < -0.39 is 18.0 Å². The summed E-state index contributed by atoms with van der Waals surface area (Å²) < 4.78 is 21.0. The minimum absolute atomic E-state index is 0.281. The van der Waals surface area contributed by atoms with Crippen LogP contribution in [0.5, 0.6) is 17.2 Å². The smallest absolute Gasteiger partial charge is 0.344 e. The second kappa shape index (κ2) is 10.2. The van der Waals surface area contributed by atoms with Crippen LogP contribution < -0.4 is 19.5 Å². The Balaban J connectivity index is 1.92. The van der Waals surface area contributed by atoms with Crippen molar-refractivity contribution in [2.75, 3.05) is 26.1 Å². The summed E-state index contributed by atoms with van der Waals surface area (Å²) >= 11 is 0. The molecule has 2 aromatic carbocycles. The summed E-state index contributed by atoms with van der Waals surface area (Å²) in [6.07, 6.45) is -0.222. The van der Waals surface area contributed by atoms with Gasteiger partial charge in [0, 0.05) is 6.07 Å². The van der Waals surface area contributed by atoms with Crippen molar-refractivity contribution in [1.82, 2.24) is 0 Å². The fraction of sp³-hybridized carbons (Fsp3) is 0.333. The molecule has 1 N–H and O–H groups in total. The lowest BCUT2D eigenvalue weighted by atomic mass is 10.1. The lowest BCUT2D eigenvalue weighted by Crippen LogP contribution is -2.31. The van der Waals surface area contributed by atoms with Gasteiger partial charge in [-0.1, -0.05) is 25.1 Å². The topological polar surface area (TPSA) is 83.1 Å². The Bertz CT molecular complexity index is 820. The van der Waals surface area contributed by atoms with Gasteiger partial charge in [0.2, 0.25) is 0 Å². The molecule has 0 saturated heterocycles. The van der Waals surface area contributed by atoms with Gasteiger partial charge in [-0.05, 0) is 37.1 Å². The van der Waals surface area contributed by atoms with E-state index in [9.17, 15) is 9.59 Å². The Morgan fingerprint density at radius 1 is 1.04 bits per heavy atom. The number of aryl methyl sites for hydroxylation is 1. The average molecular weight is 387 g/mol. The maximum Gasteiger partial charge on any atom is 0.344 e. The maximum atomic E-state index is 12.4. The molecule has 0 spiro atoms. The van der Waals surface area contributed by atoms with Crippen molar-refractivity contribution in [3.63, 3.8) is 0 Å². The van der Waals surface area contributed by atoms with E-state index in [2.05, 4.69) is 5.32 Å². The third-order valence-corrected chi connectivity index (χ3v) is 4.04. The van der Waals surface area contributed by atoms with Crippen LogP contribution >= 0.6 is 0 Å². The van der Waals surface area contributed by atoms with Gasteiger partial charge in [-0.15, -0.1) is 0 Å². The normalized spacial score (nSPS) is 11.3. The minimum Gasteiger partial charge on any atom is -0.497 e. The van der Waals surface area contributed by atoms with Crippen LogP contribution in [0.3, 0.4) is 0 Å². The fourth-order valence-corrected chi connectivity index (χ4v) is 2.50. The van der Waals surface area contributed by atoms with Gasteiger partial charge in [0.1, 0.15) is 17.2 Å². The number of rotatable bonds is 9. The summed E-state index contributed by atoms with van der Waals surface area (Å²) in [4.78, 5) is 24.4. The number of carbonyl (C=O) groups is 2. The van der Waals surface area contributed by atoms with Crippen molar-refractivity contribution in [2.45, 2.75) is 26.4 Å². The van der Waals surface area contributed by atoms with Crippen molar-refractivity contribution in [3.8, 4) is 17.2 Å². The van der Waals surface area contributed by atoms with Crippen molar-refractivity contribution >= 4 is 17.6 Å². The first kappa shape index (κ1) is 21.1. The van der Waals surface area contributed by atoms with Crippen molar-refractivity contribution in [3.05, 3.63) is 48.0 Å². The van der Waals surface area contributed by atoms with E-state index in [4.69, 9.17) is 18.9 Å². The highest BCUT2D eigenvalue weighted by molar-refractivity contribution is 5.96. The molecule has 1 unspecified atom stereocenters. The Morgan fingerprint density at radius 2 is 1.79 bits per heavy atom. The molecule has 0 aliphatic rings. The first-order valence-electron chi connectivity index (χ1n) is 8.91.